The highest BCUT2D eigenvalue weighted by Crippen LogP contribution is 2.09. The van der Waals surface area contributed by atoms with Crippen LogP contribution in [0.25, 0.3) is 0 Å². The fourth-order valence-electron chi connectivity index (χ4n) is 1.06. The van der Waals surface area contributed by atoms with E-state index >= 15 is 0 Å². The van der Waals surface area contributed by atoms with E-state index in [-0.39, 0.29) is 11.8 Å². The number of hydrogen-bond donors (Lipinski definition) is 1. The molecule has 0 aliphatic heterocycles. The number of para-hydroxylation sites is 1. The number of benzene rings is 1. The maximum Gasteiger partial charge on any atom is 0.228 e. The van der Waals surface area contributed by atoms with Gasteiger partial charge in [-0.1, -0.05) is 25.1 Å². The van der Waals surface area contributed by atoms with Crippen molar-refractivity contribution < 1.29 is 4.79 Å². The highest BCUT2D eigenvalue weighted by molar-refractivity contribution is 5.92. The van der Waals surface area contributed by atoms with Crippen LogP contribution in [0.5, 0.6) is 0 Å². The summed E-state index contributed by atoms with van der Waals surface area (Å²) >= 11 is 0. The van der Waals surface area contributed by atoms with Gasteiger partial charge in [-0.25, -0.2) is 0 Å². The Bertz CT molecular complexity index is 337. The standard InChI is InChI=1S/C12H13NO/c1-3-7-10(2)12(14)13-11-8-5-4-6-9-11/h1,4-6,8-10H,7H2,2H3,(H,13,14). The maximum absolute atomic E-state index is 11.5. The van der Waals surface area contributed by atoms with Crippen molar-refractivity contribution in [3.8, 4) is 12.3 Å². The number of anilines is 1. The van der Waals surface area contributed by atoms with E-state index in [1.165, 1.54) is 0 Å². The van der Waals surface area contributed by atoms with Crippen LogP contribution >= 0.6 is 0 Å². The van der Waals surface area contributed by atoms with Crippen LogP contribution in [0, 0.1) is 18.3 Å². The molecule has 1 aromatic carbocycles. The number of carbonyl (C=O) groups excluding carboxylic acids is 1. The third kappa shape index (κ3) is 2.95. The van der Waals surface area contributed by atoms with Gasteiger partial charge in [0.2, 0.25) is 5.91 Å². The van der Waals surface area contributed by atoms with Gasteiger partial charge in [-0.05, 0) is 12.1 Å². The van der Waals surface area contributed by atoms with Crippen LogP contribution in [0.2, 0.25) is 0 Å². The van der Waals surface area contributed by atoms with Gasteiger partial charge in [0.1, 0.15) is 0 Å². The van der Waals surface area contributed by atoms with Crippen molar-refractivity contribution in [1.82, 2.24) is 0 Å². The lowest BCUT2D eigenvalue weighted by Gasteiger charge is -2.08. The summed E-state index contributed by atoms with van der Waals surface area (Å²) in [7, 11) is 0. The first-order chi connectivity index (χ1) is 6.74. The molecule has 1 atom stereocenters. The summed E-state index contributed by atoms with van der Waals surface area (Å²) in [4.78, 5) is 11.5. The van der Waals surface area contributed by atoms with Gasteiger partial charge >= 0.3 is 0 Å². The van der Waals surface area contributed by atoms with Crippen LogP contribution in [0.1, 0.15) is 13.3 Å². The van der Waals surface area contributed by atoms with Crippen LogP contribution in [-0.2, 0) is 4.79 Å². The monoisotopic (exact) mass is 187 g/mol. The molecular formula is C12H13NO. The summed E-state index contributed by atoms with van der Waals surface area (Å²) < 4.78 is 0. The Morgan fingerprint density at radius 1 is 1.50 bits per heavy atom. The normalized spacial score (nSPS) is 11.4. The Labute approximate surface area is 84.3 Å². The molecule has 0 spiro atoms. The van der Waals surface area contributed by atoms with Crippen LogP contribution in [-0.4, -0.2) is 5.91 Å². The first-order valence-electron chi connectivity index (χ1n) is 4.53. The smallest absolute Gasteiger partial charge is 0.228 e. The minimum Gasteiger partial charge on any atom is -0.326 e. The molecule has 2 heteroatoms. The molecule has 0 aliphatic carbocycles. The molecule has 0 heterocycles. The highest BCUT2D eigenvalue weighted by Gasteiger charge is 2.10. The molecule has 0 fully saturated rings. The molecule has 0 saturated carbocycles. The Balaban J connectivity index is 2.54. The second-order valence-corrected chi connectivity index (χ2v) is 3.16. The first kappa shape index (κ1) is 10.3. The van der Waals surface area contributed by atoms with Crippen molar-refractivity contribution in [1.29, 1.82) is 0 Å². The molecule has 0 radical (unpaired) electrons. The number of rotatable bonds is 3. The quantitative estimate of drug-likeness (QED) is 0.723. The minimum absolute atomic E-state index is 0.0332. The van der Waals surface area contributed by atoms with Crippen molar-refractivity contribution in [3.63, 3.8) is 0 Å². The van der Waals surface area contributed by atoms with Crippen molar-refractivity contribution in [2.75, 3.05) is 5.32 Å². The SMILES string of the molecule is C#CCC(C)C(=O)Nc1ccccc1. The zero-order chi connectivity index (χ0) is 10.4. The fourth-order valence-corrected chi connectivity index (χ4v) is 1.06. The number of amides is 1. The van der Waals surface area contributed by atoms with Gasteiger partial charge in [-0.2, -0.15) is 0 Å². The van der Waals surface area contributed by atoms with Crippen molar-refractivity contribution in [3.05, 3.63) is 30.3 Å². The van der Waals surface area contributed by atoms with E-state index in [2.05, 4.69) is 11.2 Å². The lowest BCUT2D eigenvalue weighted by Crippen LogP contribution is -2.19. The number of hydrogen-bond acceptors (Lipinski definition) is 1. The first-order valence-corrected chi connectivity index (χ1v) is 4.53. The molecule has 0 aliphatic rings. The molecule has 14 heavy (non-hydrogen) atoms. The summed E-state index contributed by atoms with van der Waals surface area (Å²) in [5.41, 5.74) is 0.807. The van der Waals surface area contributed by atoms with Gasteiger partial charge in [0.15, 0.2) is 0 Å². The lowest BCUT2D eigenvalue weighted by molar-refractivity contribution is -0.119. The Kier molecular flexibility index (Phi) is 3.75. The predicted molar refractivity (Wildman–Crippen MR) is 57.7 cm³/mol. The number of nitrogens with one attached hydrogen (secondary N) is 1. The summed E-state index contributed by atoms with van der Waals surface area (Å²) in [6.07, 6.45) is 5.60. The summed E-state index contributed by atoms with van der Waals surface area (Å²) in [6.45, 7) is 1.82. The molecule has 1 unspecified atom stereocenters. The molecule has 0 aromatic heterocycles. The van der Waals surface area contributed by atoms with Crippen LogP contribution < -0.4 is 5.32 Å². The van der Waals surface area contributed by atoms with E-state index in [0.717, 1.165) is 5.69 Å². The van der Waals surface area contributed by atoms with Crippen molar-refractivity contribution >= 4 is 11.6 Å². The summed E-state index contributed by atoms with van der Waals surface area (Å²) in [5, 5.41) is 2.79. The summed E-state index contributed by atoms with van der Waals surface area (Å²) in [5.74, 6) is 2.30. The zero-order valence-corrected chi connectivity index (χ0v) is 8.16. The molecule has 1 rings (SSSR count). The maximum atomic E-state index is 11.5. The zero-order valence-electron chi connectivity index (χ0n) is 8.16. The van der Waals surface area contributed by atoms with Gasteiger partial charge in [-0.15, -0.1) is 12.3 Å². The molecule has 72 valence electrons. The van der Waals surface area contributed by atoms with Gasteiger partial charge in [0.05, 0.1) is 0 Å². The highest BCUT2D eigenvalue weighted by atomic mass is 16.1. The van der Waals surface area contributed by atoms with Crippen LogP contribution in [0.3, 0.4) is 0 Å². The molecule has 1 amide bonds. The second kappa shape index (κ2) is 5.08. The van der Waals surface area contributed by atoms with Crippen LogP contribution in [0.4, 0.5) is 5.69 Å². The topological polar surface area (TPSA) is 29.1 Å². The van der Waals surface area contributed by atoms with Crippen molar-refractivity contribution in [2.45, 2.75) is 13.3 Å². The number of terminal acetylenes is 1. The third-order valence-electron chi connectivity index (χ3n) is 1.91. The molecule has 0 saturated heterocycles. The van der Waals surface area contributed by atoms with Gasteiger partial charge in [0.25, 0.3) is 0 Å². The Hall–Kier alpha value is -1.75. The minimum atomic E-state index is -0.139. The molecular weight excluding hydrogens is 174 g/mol. The van der Waals surface area contributed by atoms with Gasteiger partial charge < -0.3 is 5.32 Å². The fraction of sp³-hybridized carbons (Fsp3) is 0.250. The Morgan fingerprint density at radius 2 is 2.14 bits per heavy atom. The van der Waals surface area contributed by atoms with E-state index in [4.69, 9.17) is 6.42 Å². The lowest BCUT2D eigenvalue weighted by atomic mass is 10.1. The van der Waals surface area contributed by atoms with E-state index in [1.54, 1.807) is 0 Å². The van der Waals surface area contributed by atoms with Gasteiger partial charge in [0, 0.05) is 18.0 Å². The van der Waals surface area contributed by atoms with E-state index in [9.17, 15) is 4.79 Å². The molecule has 1 aromatic rings. The predicted octanol–water partition coefficient (Wildman–Crippen LogP) is 2.28. The van der Waals surface area contributed by atoms with E-state index in [0.29, 0.717) is 6.42 Å². The average Bonchev–Trinajstić information content (AvgIpc) is 2.19. The largest absolute Gasteiger partial charge is 0.326 e. The van der Waals surface area contributed by atoms with Gasteiger partial charge in [-0.3, -0.25) is 4.79 Å². The molecule has 1 N–H and O–H groups in total. The number of carbonyl (C=O) groups is 1. The Morgan fingerprint density at radius 3 is 2.71 bits per heavy atom. The van der Waals surface area contributed by atoms with Crippen molar-refractivity contribution in [2.24, 2.45) is 5.92 Å². The average molecular weight is 187 g/mol. The second-order valence-electron chi connectivity index (χ2n) is 3.16. The third-order valence-corrected chi connectivity index (χ3v) is 1.91. The summed E-state index contributed by atoms with van der Waals surface area (Å²) in [6, 6.07) is 9.35. The molecule has 0 bridgehead atoms. The molecule has 2 nitrogen and oxygen atoms in total. The van der Waals surface area contributed by atoms with E-state index in [1.807, 2.05) is 37.3 Å². The van der Waals surface area contributed by atoms with Crippen LogP contribution in [0.15, 0.2) is 30.3 Å². The van der Waals surface area contributed by atoms with E-state index < -0.39 is 0 Å².